The number of aryl methyl sites for hydroxylation is 1. The minimum Gasteiger partial charge on any atom is -0.611 e. The molecule has 180 valence electrons. The van der Waals surface area contributed by atoms with Crippen LogP contribution in [0.4, 0.5) is 5.95 Å². The Hall–Kier alpha value is -2.42. The van der Waals surface area contributed by atoms with Crippen LogP contribution < -0.4 is 10.9 Å². The van der Waals surface area contributed by atoms with Crippen molar-refractivity contribution in [2.24, 2.45) is 5.92 Å². The molecule has 0 bridgehead atoms. The predicted molar refractivity (Wildman–Crippen MR) is 138 cm³/mol. The molecular formula is C26H33N5O2S. The normalized spacial score (nSPS) is 18.3. The SMILES string of the molecule is CCn1c(=O)c(-c2ccc([S+]([O-])C3CC3)cc2)cc2cnc(NCCC3CCN(C)CC3)nc21. The van der Waals surface area contributed by atoms with Gasteiger partial charge in [-0.25, -0.2) is 4.98 Å². The highest BCUT2D eigenvalue weighted by molar-refractivity contribution is 7.92. The lowest BCUT2D eigenvalue weighted by atomic mass is 9.94. The first kappa shape index (κ1) is 23.3. The second kappa shape index (κ2) is 10.1. The third kappa shape index (κ3) is 4.99. The largest absolute Gasteiger partial charge is 0.611 e. The van der Waals surface area contributed by atoms with Crippen LogP contribution in [0, 0.1) is 5.92 Å². The molecular weight excluding hydrogens is 446 g/mol. The number of benzene rings is 1. The zero-order valence-electron chi connectivity index (χ0n) is 20.0. The van der Waals surface area contributed by atoms with Gasteiger partial charge in [0.15, 0.2) is 4.90 Å². The molecule has 8 heteroatoms. The summed E-state index contributed by atoms with van der Waals surface area (Å²) in [5.41, 5.74) is 2.03. The summed E-state index contributed by atoms with van der Waals surface area (Å²) in [4.78, 5) is 25.8. The minimum absolute atomic E-state index is 0.0676. The van der Waals surface area contributed by atoms with Crippen molar-refractivity contribution in [1.29, 1.82) is 0 Å². The van der Waals surface area contributed by atoms with Crippen molar-refractivity contribution in [3.05, 3.63) is 46.9 Å². The van der Waals surface area contributed by atoms with Gasteiger partial charge < -0.3 is 14.8 Å². The summed E-state index contributed by atoms with van der Waals surface area (Å²) < 4.78 is 14.1. The molecule has 0 radical (unpaired) electrons. The topological polar surface area (TPSA) is 86.1 Å². The van der Waals surface area contributed by atoms with E-state index in [2.05, 4.69) is 22.2 Å². The van der Waals surface area contributed by atoms with E-state index in [9.17, 15) is 9.35 Å². The van der Waals surface area contributed by atoms with E-state index in [1.807, 2.05) is 37.3 Å². The summed E-state index contributed by atoms with van der Waals surface area (Å²) in [5.74, 6) is 1.32. The second-order valence-electron chi connectivity index (χ2n) is 9.56. The molecule has 7 nitrogen and oxygen atoms in total. The summed E-state index contributed by atoms with van der Waals surface area (Å²) in [6, 6.07) is 9.45. The number of nitrogens with zero attached hydrogens (tertiary/aromatic N) is 4. The lowest BCUT2D eigenvalue weighted by Gasteiger charge is -2.28. The molecule has 1 atom stereocenters. The lowest BCUT2D eigenvalue weighted by molar-refractivity contribution is 0.215. The van der Waals surface area contributed by atoms with Crippen molar-refractivity contribution in [3.63, 3.8) is 0 Å². The summed E-state index contributed by atoms with van der Waals surface area (Å²) >= 11 is -0.944. The summed E-state index contributed by atoms with van der Waals surface area (Å²) in [6.07, 6.45) is 7.46. The highest BCUT2D eigenvalue weighted by atomic mass is 32.2. The van der Waals surface area contributed by atoms with Gasteiger partial charge in [-0.1, -0.05) is 0 Å². The number of anilines is 1. The molecule has 1 unspecified atom stereocenters. The minimum atomic E-state index is -0.944. The molecule has 1 aromatic carbocycles. The molecule has 1 N–H and O–H groups in total. The summed E-state index contributed by atoms with van der Waals surface area (Å²) in [7, 11) is 2.18. The van der Waals surface area contributed by atoms with E-state index in [-0.39, 0.29) is 5.56 Å². The highest BCUT2D eigenvalue weighted by Gasteiger charge is 2.35. The maximum absolute atomic E-state index is 13.3. The van der Waals surface area contributed by atoms with Gasteiger partial charge in [-0.2, -0.15) is 4.98 Å². The Kier molecular flexibility index (Phi) is 6.90. The van der Waals surface area contributed by atoms with Crippen LogP contribution in [0.5, 0.6) is 0 Å². The fourth-order valence-corrected chi connectivity index (χ4v) is 6.08. The Bertz CT molecular complexity index is 1200. The van der Waals surface area contributed by atoms with Gasteiger partial charge in [0.25, 0.3) is 5.56 Å². The van der Waals surface area contributed by atoms with Crippen LogP contribution in [-0.4, -0.2) is 55.9 Å². The first-order valence-corrected chi connectivity index (χ1v) is 13.6. The van der Waals surface area contributed by atoms with Gasteiger partial charge in [0.1, 0.15) is 10.9 Å². The molecule has 3 aromatic rings. The number of hydrogen-bond donors (Lipinski definition) is 1. The quantitative estimate of drug-likeness (QED) is 0.493. The van der Waals surface area contributed by atoms with E-state index in [0.717, 1.165) is 47.6 Å². The molecule has 1 aliphatic carbocycles. The average Bonchev–Trinajstić information content (AvgIpc) is 3.70. The average molecular weight is 480 g/mol. The van der Waals surface area contributed by atoms with E-state index in [1.54, 1.807) is 10.8 Å². The van der Waals surface area contributed by atoms with Gasteiger partial charge in [0.05, 0.1) is 0 Å². The summed E-state index contributed by atoms with van der Waals surface area (Å²) in [5, 5.41) is 4.50. The van der Waals surface area contributed by atoms with E-state index in [1.165, 1.54) is 25.9 Å². The Labute approximate surface area is 203 Å². The standard InChI is InChI=1S/C26H33N5O2S/c1-3-31-24-20(17-28-26(29-24)27-13-10-18-11-14-30(2)15-12-18)16-23(25(31)32)19-4-6-21(7-5-19)34(33)22-8-9-22/h4-7,16-18,22H,3,8-15H2,1-2H3,(H,27,28,29). The van der Waals surface area contributed by atoms with Crippen LogP contribution in [0.1, 0.15) is 39.0 Å². The van der Waals surface area contributed by atoms with Crippen LogP contribution in [0.15, 0.2) is 46.2 Å². The highest BCUT2D eigenvalue weighted by Crippen LogP contribution is 2.34. The predicted octanol–water partition coefficient (Wildman–Crippen LogP) is 3.89. The fourth-order valence-electron chi connectivity index (χ4n) is 4.73. The van der Waals surface area contributed by atoms with Crippen molar-refractivity contribution in [3.8, 4) is 11.1 Å². The molecule has 0 amide bonds. The number of likely N-dealkylation sites (tertiary alicyclic amines) is 1. The van der Waals surface area contributed by atoms with Gasteiger partial charge in [-0.05, 0) is 99.3 Å². The molecule has 34 heavy (non-hydrogen) atoms. The van der Waals surface area contributed by atoms with Crippen molar-refractivity contribution in [2.75, 3.05) is 32.0 Å². The molecule has 2 aliphatic rings. The van der Waals surface area contributed by atoms with Crippen molar-refractivity contribution in [1.82, 2.24) is 19.4 Å². The number of rotatable bonds is 8. The van der Waals surface area contributed by atoms with Crippen LogP contribution in [0.3, 0.4) is 0 Å². The first-order valence-electron chi connectivity index (χ1n) is 12.4. The molecule has 0 spiro atoms. The van der Waals surface area contributed by atoms with Crippen LogP contribution in [-0.2, 0) is 17.7 Å². The van der Waals surface area contributed by atoms with E-state index >= 15 is 0 Å². The molecule has 5 rings (SSSR count). The molecule has 1 saturated heterocycles. The van der Waals surface area contributed by atoms with Gasteiger partial charge in [-0.3, -0.25) is 9.36 Å². The number of pyridine rings is 1. The lowest BCUT2D eigenvalue weighted by Crippen LogP contribution is -2.31. The van der Waals surface area contributed by atoms with E-state index in [0.29, 0.717) is 29.0 Å². The zero-order chi connectivity index (χ0) is 23.7. The van der Waals surface area contributed by atoms with Gasteiger partial charge in [-0.15, -0.1) is 0 Å². The number of fused-ring (bicyclic) bond motifs is 1. The Morgan fingerprint density at radius 3 is 2.56 bits per heavy atom. The van der Waals surface area contributed by atoms with Crippen molar-refractivity contribution in [2.45, 2.75) is 55.7 Å². The van der Waals surface area contributed by atoms with Gasteiger partial charge >= 0.3 is 0 Å². The zero-order valence-corrected chi connectivity index (χ0v) is 20.8. The van der Waals surface area contributed by atoms with Crippen molar-refractivity contribution >= 4 is 28.2 Å². The van der Waals surface area contributed by atoms with Crippen LogP contribution in [0.2, 0.25) is 0 Å². The Morgan fingerprint density at radius 1 is 1.15 bits per heavy atom. The third-order valence-corrected chi connectivity index (χ3v) is 8.86. The van der Waals surface area contributed by atoms with Crippen molar-refractivity contribution < 1.29 is 4.55 Å². The fraction of sp³-hybridized carbons (Fsp3) is 0.500. The van der Waals surface area contributed by atoms with E-state index < -0.39 is 11.2 Å². The molecule has 1 saturated carbocycles. The maximum Gasteiger partial charge on any atom is 0.260 e. The number of nitrogens with one attached hydrogen (secondary N) is 1. The third-order valence-electron chi connectivity index (χ3n) is 7.04. The number of aromatic nitrogens is 3. The molecule has 2 fully saturated rings. The smallest absolute Gasteiger partial charge is 0.260 e. The Balaban J connectivity index is 1.35. The monoisotopic (exact) mass is 479 g/mol. The molecule has 1 aliphatic heterocycles. The number of piperidine rings is 1. The summed E-state index contributed by atoms with van der Waals surface area (Å²) in [6.45, 7) is 5.66. The number of hydrogen-bond acceptors (Lipinski definition) is 6. The van der Waals surface area contributed by atoms with Gasteiger partial charge in [0.2, 0.25) is 5.95 Å². The molecule has 3 heterocycles. The van der Waals surface area contributed by atoms with Crippen LogP contribution >= 0.6 is 0 Å². The van der Waals surface area contributed by atoms with E-state index in [4.69, 9.17) is 4.98 Å². The second-order valence-corrected chi connectivity index (χ2v) is 11.3. The molecule has 2 aromatic heterocycles. The van der Waals surface area contributed by atoms with Gasteiger partial charge in [0, 0.05) is 43.1 Å². The maximum atomic E-state index is 13.3. The Morgan fingerprint density at radius 2 is 1.88 bits per heavy atom. The van der Waals surface area contributed by atoms with Crippen LogP contribution in [0.25, 0.3) is 22.2 Å². The first-order chi connectivity index (χ1) is 16.5.